The molecule has 25 nitrogen and oxygen atoms in total. The van der Waals surface area contributed by atoms with E-state index >= 15 is 0 Å². The molecule has 4 aromatic carbocycles. The Bertz CT molecular complexity index is 4650. The summed E-state index contributed by atoms with van der Waals surface area (Å²) in [6, 6.07) is 38.0. The van der Waals surface area contributed by atoms with Gasteiger partial charge in [-0.2, -0.15) is 4.98 Å². The molecule has 116 heavy (non-hydrogen) atoms. The molecule has 12 atom stereocenters. The van der Waals surface area contributed by atoms with Crippen molar-refractivity contribution in [3.8, 4) is 0 Å². The summed E-state index contributed by atoms with van der Waals surface area (Å²) in [7, 11) is 8.66. The van der Waals surface area contributed by atoms with Crippen molar-refractivity contribution in [1.82, 2.24) is 74.9 Å². The topological polar surface area (TPSA) is 277 Å². The smallest absolute Gasteiger partial charge is 0.297 e. The van der Waals surface area contributed by atoms with Gasteiger partial charge in [0, 0.05) is 195 Å². The van der Waals surface area contributed by atoms with Crippen molar-refractivity contribution in [2.45, 2.75) is 182 Å². The van der Waals surface area contributed by atoms with E-state index in [2.05, 4.69) is 265 Å². The lowest BCUT2D eigenvalue weighted by Crippen LogP contribution is -2.55. The second-order valence-corrected chi connectivity index (χ2v) is 35.3. The van der Waals surface area contributed by atoms with E-state index in [4.69, 9.17) is 8.83 Å². The zero-order chi connectivity index (χ0) is 81.6. The van der Waals surface area contributed by atoms with Gasteiger partial charge < -0.3 is 48.4 Å². The number of H-pyrrole nitrogens is 5. The number of aromatic nitrogens is 11. The standard InChI is InChI=1S/C23H28N4O2.C23H30N4O2.C22H30N6O.C22H29N5OS/c1-15(9-16-11-24-20-6-4-3-5-19(16)20)10-21(28)22-12-25-23(29-22)27-13-17-7-8-18(14-27)26(17)2;1-15(9-18-11-24-20-8-6-5-7-19(18)20)10-21(28)22-12-25-23(29-22)27-13-16(2)26(4)17(3)14-27;1-14(9-17-11-23-19-8-6-5-7-18(17)19)10-20(29)21-24-22(26-25-21)28-12-15(2)27(4)16(3)13-28;1-14(9-17-11-23-19-8-6-5-7-18(17)19)10-20(28)21-24-25-22(29-21)27-12-15(2)26(4)16(3)13-27/h3-6,11-12,15,17-18,24H,7-10,13-14H2,1-2H3;5-8,11-12,15-17,24H,9-10,13-14H2,1-4H3;5-8,11,14-16,23H,9-10,12-13H2,1-4H3,(H,24,25,26);5-8,11,14-16,23H,9-10,12-13H2,1-4H3/t;15?,16-,17+;2*14?,15-,16+. The van der Waals surface area contributed by atoms with Crippen LogP contribution < -0.4 is 19.6 Å². The normalized spacial score (nSPS) is 21.9. The van der Waals surface area contributed by atoms with Crippen LogP contribution in [0.5, 0.6) is 0 Å². The number of carbonyl (C=O) groups excluding carboxylic acids is 4. The molecule has 614 valence electrons. The monoisotopic (exact) mass is 1590 g/mol. The van der Waals surface area contributed by atoms with Gasteiger partial charge in [0.15, 0.2) is 45.5 Å². The van der Waals surface area contributed by atoms with E-state index in [0.29, 0.717) is 114 Å². The minimum atomic E-state index is 0.0197. The van der Waals surface area contributed by atoms with E-state index in [1.165, 1.54) is 68.0 Å². The first kappa shape index (κ1) is 82.4. The van der Waals surface area contributed by atoms with Crippen LogP contribution in [0.1, 0.15) is 172 Å². The number of fused-ring (bicyclic) bond motifs is 6. The first-order valence-electron chi connectivity index (χ1n) is 41.7. The number of anilines is 4. The average molecular weight is 1590 g/mol. The van der Waals surface area contributed by atoms with Crippen molar-refractivity contribution in [1.29, 1.82) is 0 Å². The van der Waals surface area contributed by atoms with Crippen LogP contribution in [0.2, 0.25) is 0 Å². The van der Waals surface area contributed by atoms with Gasteiger partial charge in [-0.25, -0.2) is 9.97 Å². The molecule has 0 aliphatic carbocycles. The number of likely N-dealkylation sites (N-methyl/N-ethyl adjacent to an activating group) is 4. The second-order valence-electron chi connectivity index (χ2n) is 34.3. The zero-order valence-electron chi connectivity index (χ0n) is 70.0. The van der Waals surface area contributed by atoms with Crippen LogP contribution in [-0.4, -0.2) is 227 Å². The SMILES string of the molecule is CC(CC(=O)c1cnc(N2CC3CCC(C2)N3C)o1)Cc1c[nH]c2ccccc12.CC(CC(=O)c1cnc(N2C[C@@H](C)N(C)[C@@H](C)C2)o1)Cc1c[nH]c2ccccc12.CC(CC(=O)c1nc(N2C[C@@H](C)N(C)[C@@H](C)C2)n[nH]1)Cc1c[nH]c2ccccc12.CC(CC(=O)c1nnc(N2C[C@@H](C)N(C)[C@@H](C)C2)s1)Cc1c[nH]c2ccccc12. The van der Waals surface area contributed by atoms with Gasteiger partial charge in [0.2, 0.25) is 11.1 Å². The quantitative estimate of drug-likeness (QED) is 0.0352. The summed E-state index contributed by atoms with van der Waals surface area (Å²) >= 11 is 1.43. The number of rotatable bonds is 24. The first-order chi connectivity index (χ1) is 55.8. The number of oxazole rings is 2. The Hall–Kier alpha value is -10.1. The minimum Gasteiger partial charge on any atom is -0.420 e. The maximum Gasteiger partial charge on any atom is 0.297 e. The van der Waals surface area contributed by atoms with E-state index in [1.807, 2.05) is 48.8 Å². The van der Waals surface area contributed by atoms with Crippen molar-refractivity contribution in [2.24, 2.45) is 23.7 Å². The summed E-state index contributed by atoms with van der Waals surface area (Å²) in [5, 5.41) is 22.1. The molecule has 5 saturated heterocycles. The fraction of sp³-hybridized carbons (Fsp3) is 0.489. The highest BCUT2D eigenvalue weighted by Crippen LogP contribution is 2.35. The van der Waals surface area contributed by atoms with Gasteiger partial charge in [-0.05, 0) is 178 Å². The number of carbonyl (C=O) groups is 4. The first-order valence-corrected chi connectivity index (χ1v) is 42.5. The molecule has 0 spiro atoms. The number of Topliss-reactive ketones (excluding diaryl/α,β-unsaturated/α-hetero) is 4. The Labute approximate surface area is 684 Å². The third kappa shape index (κ3) is 19.3. The third-order valence-electron chi connectivity index (χ3n) is 25.1. The number of para-hydroxylation sites is 4. The Kier molecular flexibility index (Phi) is 26.0. The molecule has 2 bridgehead atoms. The van der Waals surface area contributed by atoms with Crippen LogP contribution in [0.3, 0.4) is 0 Å². The van der Waals surface area contributed by atoms with E-state index < -0.39 is 0 Å². The number of hydrogen-bond acceptors (Lipinski definition) is 21. The van der Waals surface area contributed by atoms with Gasteiger partial charge in [0.1, 0.15) is 0 Å². The number of aromatic amines is 5. The Morgan fingerprint density at radius 1 is 0.422 bits per heavy atom. The summed E-state index contributed by atoms with van der Waals surface area (Å²) in [6.07, 6.45) is 19.2. The summed E-state index contributed by atoms with van der Waals surface area (Å²) in [4.78, 5) is 96.0. The van der Waals surface area contributed by atoms with Crippen molar-refractivity contribution in [2.75, 3.05) is 100 Å². The molecule has 8 aromatic heterocycles. The molecule has 0 amide bonds. The van der Waals surface area contributed by atoms with Crippen LogP contribution in [0.4, 0.5) is 23.1 Å². The molecule has 12 aromatic rings. The van der Waals surface area contributed by atoms with Crippen LogP contribution in [0.15, 0.2) is 143 Å². The number of nitrogens with one attached hydrogen (secondary N) is 5. The Morgan fingerprint density at radius 2 is 0.759 bits per heavy atom. The predicted octanol–water partition coefficient (Wildman–Crippen LogP) is 15.3. The summed E-state index contributed by atoms with van der Waals surface area (Å²) in [6.45, 7) is 28.9. The molecule has 13 heterocycles. The zero-order valence-corrected chi connectivity index (χ0v) is 70.8. The van der Waals surface area contributed by atoms with Gasteiger partial charge in [-0.1, -0.05) is 112 Å². The van der Waals surface area contributed by atoms with Gasteiger partial charge >= 0.3 is 0 Å². The maximum absolute atomic E-state index is 12.8. The lowest BCUT2D eigenvalue weighted by atomic mass is 9.95. The molecule has 5 aliphatic heterocycles. The van der Waals surface area contributed by atoms with E-state index in [-0.39, 0.29) is 46.8 Å². The summed E-state index contributed by atoms with van der Waals surface area (Å²) < 4.78 is 11.8. The van der Waals surface area contributed by atoms with Crippen LogP contribution in [0.25, 0.3) is 43.6 Å². The van der Waals surface area contributed by atoms with Crippen LogP contribution >= 0.6 is 11.3 Å². The molecule has 17 rings (SSSR count). The highest BCUT2D eigenvalue weighted by Gasteiger charge is 2.40. The van der Waals surface area contributed by atoms with Crippen molar-refractivity contribution in [3.05, 3.63) is 179 Å². The Balaban J connectivity index is 0.000000128. The third-order valence-corrected chi connectivity index (χ3v) is 26.1. The maximum atomic E-state index is 12.8. The number of nitrogens with zero attached hydrogens (tertiary/aromatic N) is 14. The average Bonchev–Trinajstić information content (AvgIpc) is 1.47. The molecule has 6 unspecified atom stereocenters. The minimum absolute atomic E-state index is 0.0197. The van der Waals surface area contributed by atoms with E-state index in [9.17, 15) is 19.2 Å². The van der Waals surface area contributed by atoms with Gasteiger partial charge in [-0.15, -0.1) is 15.3 Å². The molecule has 0 radical (unpaired) electrons. The van der Waals surface area contributed by atoms with Crippen LogP contribution in [0, 0.1) is 23.7 Å². The predicted molar refractivity (Wildman–Crippen MR) is 463 cm³/mol. The molecule has 0 saturated carbocycles. The fourth-order valence-electron chi connectivity index (χ4n) is 17.7. The number of hydrogen-bond donors (Lipinski definition) is 5. The van der Waals surface area contributed by atoms with Crippen molar-refractivity contribution >= 4 is 101 Å². The molecule has 26 heteroatoms. The molecular formula is C90H117N19O6S. The largest absolute Gasteiger partial charge is 0.420 e. The lowest BCUT2D eigenvalue weighted by molar-refractivity contribution is 0.0929. The van der Waals surface area contributed by atoms with Crippen molar-refractivity contribution < 1.29 is 28.0 Å². The molecular weight excluding hydrogens is 1480 g/mol. The molecule has 5 aliphatic rings. The summed E-state index contributed by atoms with van der Waals surface area (Å²) in [5.41, 5.74) is 9.58. The highest BCUT2D eigenvalue weighted by atomic mass is 32.1. The molecule has 5 fully saturated rings. The van der Waals surface area contributed by atoms with Crippen molar-refractivity contribution in [3.63, 3.8) is 0 Å². The fourth-order valence-corrected chi connectivity index (χ4v) is 18.5. The lowest BCUT2D eigenvalue weighted by Gasteiger charge is -2.42. The van der Waals surface area contributed by atoms with Gasteiger partial charge in [-0.3, -0.25) is 43.9 Å². The molecule has 5 N–H and O–H groups in total. The number of benzene rings is 4. The number of ketones is 4. The van der Waals surface area contributed by atoms with Crippen LogP contribution in [-0.2, 0) is 25.7 Å². The highest BCUT2D eigenvalue weighted by molar-refractivity contribution is 7.17. The van der Waals surface area contributed by atoms with Gasteiger partial charge in [0.25, 0.3) is 12.0 Å². The number of piperazine rings is 4. The Morgan fingerprint density at radius 3 is 1.15 bits per heavy atom. The second kappa shape index (κ2) is 36.6. The van der Waals surface area contributed by atoms with E-state index in [1.54, 1.807) is 12.4 Å². The van der Waals surface area contributed by atoms with E-state index in [0.717, 1.165) is 105 Å². The van der Waals surface area contributed by atoms with Gasteiger partial charge in [0.05, 0.1) is 12.4 Å². The summed E-state index contributed by atoms with van der Waals surface area (Å²) in [5.74, 6) is 2.84.